The molecule has 0 saturated heterocycles. The Balaban J connectivity index is 2.22. The van der Waals surface area contributed by atoms with Crippen LogP contribution in [0.5, 0.6) is 5.75 Å². The molecular formula is C14H12FNO4S. The van der Waals surface area contributed by atoms with Crippen LogP contribution in [0.4, 0.5) is 4.39 Å². The second-order valence-electron chi connectivity index (χ2n) is 4.31. The number of thiophene rings is 1. The number of primary amides is 1. The van der Waals surface area contributed by atoms with Crippen molar-refractivity contribution < 1.29 is 23.8 Å². The summed E-state index contributed by atoms with van der Waals surface area (Å²) < 4.78 is 19.0. The highest BCUT2D eigenvalue weighted by Gasteiger charge is 2.16. The van der Waals surface area contributed by atoms with Crippen molar-refractivity contribution >= 4 is 23.2 Å². The van der Waals surface area contributed by atoms with E-state index in [1.807, 2.05) is 0 Å². The Kier molecular flexibility index (Phi) is 4.23. The number of amides is 1. The smallest absolute Gasteiger partial charge is 0.349 e. The molecule has 7 heteroatoms. The Labute approximate surface area is 123 Å². The molecule has 5 nitrogen and oxygen atoms in total. The molecule has 2 aromatic rings. The topological polar surface area (TPSA) is 89.6 Å². The molecule has 0 bridgehead atoms. The number of hydrogen-bond donors (Lipinski definition) is 2. The zero-order chi connectivity index (χ0) is 15.6. The lowest BCUT2D eigenvalue weighted by atomic mass is 10.1. The van der Waals surface area contributed by atoms with Gasteiger partial charge in [-0.1, -0.05) is 0 Å². The third-order valence-corrected chi connectivity index (χ3v) is 3.75. The van der Waals surface area contributed by atoms with E-state index in [0.29, 0.717) is 0 Å². The molecule has 0 unspecified atom stereocenters. The molecule has 0 fully saturated rings. The molecule has 1 heterocycles. The quantitative estimate of drug-likeness (QED) is 0.888. The molecule has 0 atom stereocenters. The highest BCUT2D eigenvalue weighted by Crippen LogP contribution is 2.29. The molecular weight excluding hydrogens is 297 g/mol. The molecule has 1 aromatic heterocycles. The van der Waals surface area contributed by atoms with Crippen molar-refractivity contribution in [3.05, 3.63) is 51.0 Å². The zero-order valence-electron chi connectivity index (χ0n) is 11.1. The molecule has 0 aliphatic carbocycles. The van der Waals surface area contributed by atoms with Crippen LogP contribution in [0, 0.1) is 12.7 Å². The Morgan fingerprint density at radius 3 is 2.71 bits per heavy atom. The van der Waals surface area contributed by atoms with Crippen molar-refractivity contribution in [1.82, 2.24) is 0 Å². The average molecular weight is 309 g/mol. The first kappa shape index (κ1) is 15.0. The maximum Gasteiger partial charge on any atom is 0.349 e. The number of halogens is 1. The molecule has 0 aliphatic heterocycles. The van der Waals surface area contributed by atoms with Crippen molar-refractivity contribution in [3.63, 3.8) is 0 Å². The van der Waals surface area contributed by atoms with E-state index < -0.39 is 17.7 Å². The second kappa shape index (κ2) is 5.92. The number of rotatable bonds is 5. The first-order valence-corrected chi connectivity index (χ1v) is 6.75. The minimum Gasteiger partial charge on any atom is -0.487 e. The number of hydrogen-bond acceptors (Lipinski definition) is 4. The number of benzene rings is 1. The van der Waals surface area contributed by atoms with E-state index in [1.165, 1.54) is 12.1 Å². The molecule has 21 heavy (non-hydrogen) atoms. The van der Waals surface area contributed by atoms with Crippen LogP contribution in [-0.2, 0) is 6.61 Å². The summed E-state index contributed by atoms with van der Waals surface area (Å²) in [5, 5.41) is 9.04. The Morgan fingerprint density at radius 1 is 1.38 bits per heavy atom. The number of ether oxygens (including phenoxy) is 1. The van der Waals surface area contributed by atoms with Crippen LogP contribution in [0.1, 0.15) is 30.5 Å². The largest absolute Gasteiger partial charge is 0.487 e. The summed E-state index contributed by atoms with van der Waals surface area (Å²) in [6, 6.07) is 5.26. The van der Waals surface area contributed by atoms with Crippen LogP contribution in [0.25, 0.3) is 0 Å². The summed E-state index contributed by atoms with van der Waals surface area (Å²) in [6.45, 7) is 1.56. The summed E-state index contributed by atoms with van der Waals surface area (Å²) in [7, 11) is 0. The van der Waals surface area contributed by atoms with Gasteiger partial charge >= 0.3 is 5.97 Å². The van der Waals surface area contributed by atoms with Crippen LogP contribution in [-0.4, -0.2) is 17.0 Å². The van der Waals surface area contributed by atoms with Gasteiger partial charge in [-0.05, 0) is 31.2 Å². The van der Waals surface area contributed by atoms with Gasteiger partial charge in [0.05, 0.1) is 0 Å². The van der Waals surface area contributed by atoms with E-state index in [9.17, 15) is 14.0 Å². The standard InChI is InChI=1S/C14H12FNO4S/c1-7-4-11(12(21-7)14(18)19)20-6-9-5-8(13(16)17)2-3-10(9)15/h2-5H,6H2,1H3,(H2,16,17)(H,18,19). The second-order valence-corrected chi connectivity index (χ2v) is 5.57. The van der Waals surface area contributed by atoms with Crippen molar-refractivity contribution in [2.45, 2.75) is 13.5 Å². The monoisotopic (exact) mass is 309 g/mol. The third kappa shape index (κ3) is 3.38. The van der Waals surface area contributed by atoms with Gasteiger partial charge in [0.2, 0.25) is 5.91 Å². The van der Waals surface area contributed by atoms with Crippen molar-refractivity contribution in [3.8, 4) is 5.75 Å². The lowest BCUT2D eigenvalue weighted by Crippen LogP contribution is -2.12. The number of nitrogens with two attached hydrogens (primary N) is 1. The molecule has 0 aliphatic rings. The number of aryl methyl sites for hydroxylation is 1. The average Bonchev–Trinajstić information content (AvgIpc) is 2.79. The van der Waals surface area contributed by atoms with Crippen molar-refractivity contribution in [2.24, 2.45) is 5.73 Å². The molecule has 1 aromatic carbocycles. The van der Waals surface area contributed by atoms with E-state index >= 15 is 0 Å². The number of carboxylic acid groups (broad SMARTS) is 1. The molecule has 2 rings (SSSR count). The maximum atomic E-state index is 13.7. The lowest BCUT2D eigenvalue weighted by Gasteiger charge is -2.07. The first-order chi connectivity index (χ1) is 9.88. The highest BCUT2D eigenvalue weighted by molar-refractivity contribution is 7.14. The van der Waals surface area contributed by atoms with Crippen molar-refractivity contribution in [2.75, 3.05) is 0 Å². The maximum absolute atomic E-state index is 13.7. The Morgan fingerprint density at radius 2 is 2.10 bits per heavy atom. The van der Waals surface area contributed by atoms with Gasteiger partial charge in [-0.3, -0.25) is 4.79 Å². The van der Waals surface area contributed by atoms with E-state index in [1.54, 1.807) is 13.0 Å². The van der Waals surface area contributed by atoms with Crippen molar-refractivity contribution in [1.29, 1.82) is 0 Å². The SMILES string of the molecule is Cc1cc(OCc2cc(C(N)=O)ccc2F)c(C(=O)O)s1. The Hall–Kier alpha value is -2.41. The van der Waals surface area contributed by atoms with Crippen LogP contribution in [0.2, 0.25) is 0 Å². The minimum atomic E-state index is -1.10. The van der Waals surface area contributed by atoms with Gasteiger partial charge in [0.1, 0.15) is 18.2 Å². The number of carbonyl (C=O) groups excluding carboxylic acids is 1. The molecule has 3 N–H and O–H groups in total. The van der Waals surface area contributed by atoms with E-state index in [4.69, 9.17) is 15.6 Å². The normalized spacial score (nSPS) is 10.4. The van der Waals surface area contributed by atoms with Gasteiger partial charge in [0.25, 0.3) is 0 Å². The third-order valence-electron chi connectivity index (χ3n) is 2.73. The predicted molar refractivity (Wildman–Crippen MR) is 75.3 cm³/mol. The summed E-state index contributed by atoms with van der Waals surface area (Å²) in [6.07, 6.45) is 0. The van der Waals surface area contributed by atoms with Gasteiger partial charge in [0, 0.05) is 16.0 Å². The lowest BCUT2D eigenvalue weighted by molar-refractivity contribution is 0.0697. The summed E-state index contributed by atoms with van der Waals surface area (Å²) in [4.78, 5) is 22.9. The molecule has 1 amide bonds. The van der Waals surface area contributed by atoms with Crippen LogP contribution in [0.15, 0.2) is 24.3 Å². The van der Waals surface area contributed by atoms with E-state index in [0.717, 1.165) is 22.3 Å². The van der Waals surface area contributed by atoms with Gasteiger partial charge in [-0.25, -0.2) is 9.18 Å². The first-order valence-electron chi connectivity index (χ1n) is 5.93. The minimum absolute atomic E-state index is 0.0546. The van der Waals surface area contributed by atoms with E-state index in [-0.39, 0.29) is 28.4 Å². The van der Waals surface area contributed by atoms with Crippen LogP contribution < -0.4 is 10.5 Å². The molecule has 0 radical (unpaired) electrons. The van der Waals surface area contributed by atoms with Gasteiger partial charge in [-0.2, -0.15) is 0 Å². The van der Waals surface area contributed by atoms with E-state index in [2.05, 4.69) is 0 Å². The highest BCUT2D eigenvalue weighted by atomic mass is 32.1. The molecule has 110 valence electrons. The van der Waals surface area contributed by atoms with Gasteiger partial charge < -0.3 is 15.6 Å². The summed E-state index contributed by atoms with van der Waals surface area (Å²) in [5.74, 6) is -2.15. The predicted octanol–water partition coefficient (Wildman–Crippen LogP) is 2.57. The van der Waals surface area contributed by atoms with Crippen LogP contribution in [0.3, 0.4) is 0 Å². The fourth-order valence-electron chi connectivity index (χ4n) is 1.74. The van der Waals surface area contributed by atoms with Gasteiger partial charge in [-0.15, -0.1) is 11.3 Å². The number of carboxylic acids is 1. The number of carbonyl (C=O) groups is 2. The fraction of sp³-hybridized carbons (Fsp3) is 0.143. The van der Waals surface area contributed by atoms with Gasteiger partial charge in [0.15, 0.2) is 4.88 Å². The summed E-state index contributed by atoms with van der Waals surface area (Å²) >= 11 is 1.08. The van der Waals surface area contributed by atoms with Crippen LogP contribution >= 0.6 is 11.3 Å². The Bertz CT molecular complexity index is 711. The number of aromatic carboxylic acids is 1. The fourth-order valence-corrected chi connectivity index (χ4v) is 2.53. The summed E-state index contributed by atoms with van der Waals surface area (Å²) in [5.41, 5.74) is 5.42. The molecule has 0 saturated carbocycles. The zero-order valence-corrected chi connectivity index (χ0v) is 11.9. The molecule has 0 spiro atoms.